The lowest BCUT2D eigenvalue weighted by molar-refractivity contribution is -0.122. The fourth-order valence-corrected chi connectivity index (χ4v) is 3.21. The van der Waals surface area contributed by atoms with Crippen LogP contribution < -0.4 is 21.3 Å². The highest BCUT2D eigenvalue weighted by atomic mass is 32.2. The number of piperidine rings is 1. The summed E-state index contributed by atoms with van der Waals surface area (Å²) >= 11 is 1.82. The van der Waals surface area contributed by atoms with Crippen LogP contribution in [0.1, 0.15) is 32.3 Å². The lowest BCUT2D eigenvalue weighted by Crippen LogP contribution is -2.43. The molecule has 0 bridgehead atoms. The fraction of sp³-hybridized carbons (Fsp3) is 0.632. The van der Waals surface area contributed by atoms with Crippen LogP contribution in [0.2, 0.25) is 0 Å². The Hall–Kier alpha value is -1.96. The van der Waals surface area contributed by atoms with Crippen LogP contribution in [0.3, 0.4) is 0 Å². The van der Waals surface area contributed by atoms with E-state index < -0.39 is 0 Å². The van der Waals surface area contributed by atoms with E-state index in [0.717, 1.165) is 49.8 Å². The van der Waals surface area contributed by atoms with Crippen molar-refractivity contribution in [3.05, 3.63) is 23.9 Å². The molecule has 1 saturated heterocycles. The highest BCUT2D eigenvalue weighted by Crippen LogP contribution is 2.24. The van der Waals surface area contributed by atoms with Gasteiger partial charge in [0.1, 0.15) is 5.82 Å². The van der Waals surface area contributed by atoms with Gasteiger partial charge in [-0.25, -0.2) is 4.98 Å². The van der Waals surface area contributed by atoms with E-state index in [1.807, 2.05) is 24.0 Å². The van der Waals surface area contributed by atoms with Gasteiger partial charge in [0.05, 0.1) is 0 Å². The number of pyridine rings is 1. The van der Waals surface area contributed by atoms with Crippen LogP contribution in [0.5, 0.6) is 0 Å². The molecule has 4 N–H and O–H groups in total. The second-order valence-corrected chi connectivity index (χ2v) is 8.91. The number of amides is 1. The van der Waals surface area contributed by atoms with Crippen molar-refractivity contribution in [2.45, 2.75) is 38.0 Å². The maximum atomic E-state index is 11.4. The highest BCUT2D eigenvalue weighted by molar-refractivity contribution is 7.99. The number of hydrogen-bond donors (Lipinski definition) is 3. The van der Waals surface area contributed by atoms with Gasteiger partial charge in [0, 0.05) is 55.7 Å². The number of nitrogens with one attached hydrogen (secondary N) is 2. The molecule has 0 spiro atoms. The van der Waals surface area contributed by atoms with E-state index in [0.29, 0.717) is 6.54 Å². The number of nitrogens with two attached hydrogens (primary N) is 1. The van der Waals surface area contributed by atoms with Crippen molar-refractivity contribution in [2.75, 3.05) is 37.8 Å². The normalized spacial score (nSPS) is 16.3. The molecule has 1 amide bonds. The molecule has 0 aromatic carbocycles. The molecule has 2 heterocycles. The van der Waals surface area contributed by atoms with Gasteiger partial charge in [0.25, 0.3) is 0 Å². The number of carbonyl (C=O) groups is 1. The minimum absolute atomic E-state index is 0.0191. The topological polar surface area (TPSA) is 95.6 Å². The van der Waals surface area contributed by atoms with Crippen LogP contribution in [-0.4, -0.2) is 54.5 Å². The van der Waals surface area contributed by atoms with Crippen molar-refractivity contribution in [3.63, 3.8) is 0 Å². The molecule has 27 heavy (non-hydrogen) atoms. The first-order chi connectivity index (χ1) is 12.9. The summed E-state index contributed by atoms with van der Waals surface area (Å²) in [6.45, 7) is 7.46. The second-order valence-electron chi connectivity index (χ2n) is 7.39. The number of anilines is 1. The average Bonchev–Trinajstić information content (AvgIpc) is 2.68. The molecule has 8 heteroatoms. The van der Waals surface area contributed by atoms with E-state index in [9.17, 15) is 4.79 Å². The first kappa shape index (κ1) is 21.3. The number of aliphatic imine (C=N–C) groups is 1. The summed E-state index contributed by atoms with van der Waals surface area (Å²) in [6, 6.07) is 4.03. The lowest BCUT2D eigenvalue weighted by atomic mass is 9.96. The largest absolute Gasteiger partial charge is 0.369 e. The molecule has 0 radical (unpaired) electrons. The Morgan fingerprint density at radius 3 is 2.70 bits per heavy atom. The van der Waals surface area contributed by atoms with Crippen LogP contribution in [0, 0.1) is 5.92 Å². The number of guanidine groups is 1. The third-order valence-electron chi connectivity index (χ3n) is 4.97. The molecule has 0 unspecified atom stereocenters. The van der Waals surface area contributed by atoms with Crippen molar-refractivity contribution >= 4 is 29.4 Å². The Morgan fingerprint density at radius 1 is 1.41 bits per heavy atom. The quantitative estimate of drug-likeness (QED) is 0.482. The Morgan fingerprint density at radius 2 is 2.11 bits per heavy atom. The van der Waals surface area contributed by atoms with Gasteiger partial charge in [0.2, 0.25) is 5.91 Å². The van der Waals surface area contributed by atoms with Crippen molar-refractivity contribution < 1.29 is 4.79 Å². The van der Waals surface area contributed by atoms with E-state index in [-0.39, 0.29) is 16.6 Å². The number of rotatable bonds is 7. The van der Waals surface area contributed by atoms with Crippen LogP contribution in [0.15, 0.2) is 23.3 Å². The van der Waals surface area contributed by atoms with Crippen LogP contribution >= 0.6 is 11.8 Å². The highest BCUT2D eigenvalue weighted by Gasteiger charge is 2.25. The number of thioether (sulfide) groups is 1. The second kappa shape index (κ2) is 9.82. The van der Waals surface area contributed by atoms with Gasteiger partial charge in [-0.2, -0.15) is 11.8 Å². The van der Waals surface area contributed by atoms with E-state index in [1.165, 1.54) is 0 Å². The Bertz CT molecular complexity index is 655. The first-order valence-corrected chi connectivity index (χ1v) is 10.6. The van der Waals surface area contributed by atoms with Gasteiger partial charge in [-0.15, -0.1) is 0 Å². The maximum absolute atomic E-state index is 11.4. The molecule has 7 nitrogen and oxygen atoms in total. The predicted molar refractivity (Wildman–Crippen MR) is 114 cm³/mol. The number of carbonyl (C=O) groups excluding carboxylic acids is 1. The van der Waals surface area contributed by atoms with E-state index >= 15 is 0 Å². The van der Waals surface area contributed by atoms with Crippen LogP contribution in [0.4, 0.5) is 5.82 Å². The molecule has 1 fully saturated rings. The first-order valence-electron chi connectivity index (χ1n) is 9.34. The van der Waals surface area contributed by atoms with Crippen molar-refractivity contribution in [1.82, 2.24) is 15.6 Å². The van der Waals surface area contributed by atoms with E-state index in [1.54, 1.807) is 7.05 Å². The summed E-state index contributed by atoms with van der Waals surface area (Å²) in [5, 5.41) is 6.76. The molecule has 150 valence electrons. The third-order valence-corrected chi connectivity index (χ3v) is 6.22. The van der Waals surface area contributed by atoms with Gasteiger partial charge < -0.3 is 21.3 Å². The maximum Gasteiger partial charge on any atom is 0.220 e. The number of nitrogens with zero attached hydrogens (tertiary/aromatic N) is 3. The molecule has 0 saturated carbocycles. The summed E-state index contributed by atoms with van der Waals surface area (Å²) in [6.07, 6.45) is 5.49. The predicted octanol–water partition coefficient (Wildman–Crippen LogP) is 1.59. The molecule has 1 aromatic heterocycles. The van der Waals surface area contributed by atoms with Gasteiger partial charge in [-0.1, -0.05) is 6.07 Å². The third kappa shape index (κ3) is 6.30. The van der Waals surface area contributed by atoms with Gasteiger partial charge >= 0.3 is 0 Å². The zero-order chi connectivity index (χ0) is 19.9. The van der Waals surface area contributed by atoms with Gasteiger partial charge in [-0.3, -0.25) is 9.79 Å². The minimum atomic E-state index is -0.194. The monoisotopic (exact) mass is 392 g/mol. The zero-order valence-electron chi connectivity index (χ0n) is 16.8. The lowest BCUT2D eigenvalue weighted by Gasteiger charge is -2.32. The SMILES string of the molecule is CN=C(NCc1cccnc1N1CCC(C(N)=O)CC1)NCC(C)(C)SC. The number of primary amides is 1. The molecule has 1 aromatic rings. The van der Waals surface area contributed by atoms with Crippen molar-refractivity contribution in [1.29, 1.82) is 0 Å². The van der Waals surface area contributed by atoms with Gasteiger partial charge in [0.15, 0.2) is 5.96 Å². The van der Waals surface area contributed by atoms with E-state index in [4.69, 9.17) is 5.73 Å². The fourth-order valence-electron chi connectivity index (χ4n) is 3.00. The standard InChI is InChI=1S/C19H32N6OS/c1-19(2,27-4)13-24-18(21-3)23-12-15-6-5-9-22-17(15)25-10-7-14(8-11-25)16(20)26/h5-6,9,14H,7-8,10-13H2,1-4H3,(H2,20,26)(H2,21,23,24). The summed E-state index contributed by atoms with van der Waals surface area (Å²) in [4.78, 5) is 22.5. The Kier molecular flexibility index (Phi) is 7.77. The molecule has 0 aliphatic carbocycles. The molecule has 0 atom stereocenters. The summed E-state index contributed by atoms with van der Waals surface area (Å²) in [5.41, 5.74) is 6.55. The van der Waals surface area contributed by atoms with Crippen molar-refractivity contribution in [3.8, 4) is 0 Å². The van der Waals surface area contributed by atoms with E-state index in [2.05, 4.69) is 51.7 Å². The molecule has 2 rings (SSSR count). The Labute approximate surface area is 166 Å². The average molecular weight is 393 g/mol. The smallest absolute Gasteiger partial charge is 0.220 e. The number of aromatic nitrogens is 1. The van der Waals surface area contributed by atoms with Crippen LogP contribution in [-0.2, 0) is 11.3 Å². The molecule has 1 aliphatic heterocycles. The summed E-state index contributed by atoms with van der Waals surface area (Å²) in [7, 11) is 1.78. The molecule has 1 aliphatic rings. The van der Waals surface area contributed by atoms with Crippen LogP contribution in [0.25, 0.3) is 0 Å². The van der Waals surface area contributed by atoms with Gasteiger partial charge in [-0.05, 0) is 39.0 Å². The molecular weight excluding hydrogens is 360 g/mol. The zero-order valence-corrected chi connectivity index (χ0v) is 17.6. The summed E-state index contributed by atoms with van der Waals surface area (Å²) < 4.78 is 0.141. The Balaban J connectivity index is 1.96. The summed E-state index contributed by atoms with van der Waals surface area (Å²) in [5.74, 6) is 1.53. The molecular formula is C19H32N6OS. The minimum Gasteiger partial charge on any atom is -0.369 e. The van der Waals surface area contributed by atoms with Crippen molar-refractivity contribution in [2.24, 2.45) is 16.6 Å². The number of hydrogen-bond acceptors (Lipinski definition) is 5.